The van der Waals surface area contributed by atoms with Crippen LogP contribution < -0.4 is 10.3 Å². The molecule has 16 heavy (non-hydrogen) atoms. The summed E-state index contributed by atoms with van der Waals surface area (Å²) in [4.78, 5) is 18.5. The van der Waals surface area contributed by atoms with Crippen LogP contribution >= 0.6 is 11.6 Å². The van der Waals surface area contributed by atoms with Crippen molar-refractivity contribution in [3.8, 4) is 5.75 Å². The van der Waals surface area contributed by atoms with Gasteiger partial charge >= 0.3 is 0 Å². The maximum absolute atomic E-state index is 11.8. The Morgan fingerprint density at radius 2 is 2.38 bits per heavy atom. The fourth-order valence-corrected chi connectivity index (χ4v) is 2.34. The lowest BCUT2D eigenvalue weighted by Crippen LogP contribution is -2.17. The van der Waals surface area contributed by atoms with E-state index in [9.17, 15) is 4.79 Å². The number of aromatic nitrogens is 2. The van der Waals surface area contributed by atoms with E-state index in [1.165, 1.54) is 6.20 Å². The highest BCUT2D eigenvalue weighted by Gasteiger charge is 2.20. The molecule has 0 fully saturated rings. The first kappa shape index (κ1) is 9.66. The van der Waals surface area contributed by atoms with Crippen LogP contribution in [0.3, 0.4) is 0 Å². The van der Waals surface area contributed by atoms with Crippen molar-refractivity contribution in [2.75, 3.05) is 6.61 Å². The van der Waals surface area contributed by atoms with Crippen molar-refractivity contribution in [2.45, 2.75) is 13.3 Å². The summed E-state index contributed by atoms with van der Waals surface area (Å²) in [6.45, 7) is 2.46. The Bertz CT molecular complexity index is 638. The van der Waals surface area contributed by atoms with Crippen molar-refractivity contribution in [3.63, 3.8) is 0 Å². The van der Waals surface area contributed by atoms with Crippen LogP contribution in [0.4, 0.5) is 0 Å². The maximum Gasteiger partial charge on any atom is 0.257 e. The van der Waals surface area contributed by atoms with Gasteiger partial charge in [0.1, 0.15) is 0 Å². The van der Waals surface area contributed by atoms with Crippen molar-refractivity contribution in [3.05, 3.63) is 33.0 Å². The molecular weight excluding hydrogens is 228 g/mol. The molecule has 2 aromatic rings. The molecule has 0 radical (unpaired) electrons. The molecule has 0 amide bonds. The standard InChI is InChI=1S/C11H9ClN2O2/c1-5-6-2-3-16-9-8(6)7(11(15)14-5)4-13-10(9)12/h4H,2-3H2,1H3,(H,14,15). The molecule has 5 heteroatoms. The summed E-state index contributed by atoms with van der Waals surface area (Å²) in [5.74, 6) is 0.537. The van der Waals surface area contributed by atoms with Gasteiger partial charge in [-0.2, -0.15) is 0 Å². The van der Waals surface area contributed by atoms with Crippen LogP contribution in [0, 0.1) is 6.92 Å². The monoisotopic (exact) mass is 236 g/mol. The SMILES string of the molecule is Cc1[nH]c(=O)c2cnc(Cl)c3c2c1CCO3. The van der Waals surface area contributed by atoms with Gasteiger partial charge in [-0.3, -0.25) is 4.79 Å². The fourth-order valence-electron chi connectivity index (χ4n) is 2.14. The Hall–Kier alpha value is -1.55. The Balaban J connectivity index is 2.60. The third kappa shape index (κ3) is 1.16. The Labute approximate surface area is 96.2 Å². The average molecular weight is 237 g/mol. The van der Waals surface area contributed by atoms with E-state index in [-0.39, 0.29) is 5.56 Å². The first-order chi connectivity index (χ1) is 7.68. The molecule has 0 saturated heterocycles. The Morgan fingerprint density at radius 3 is 3.19 bits per heavy atom. The van der Waals surface area contributed by atoms with Gasteiger partial charge in [0, 0.05) is 23.7 Å². The molecule has 0 aromatic carbocycles. The van der Waals surface area contributed by atoms with E-state index in [2.05, 4.69) is 9.97 Å². The van der Waals surface area contributed by atoms with E-state index in [0.717, 1.165) is 23.1 Å². The summed E-state index contributed by atoms with van der Waals surface area (Å²) in [5.41, 5.74) is 1.83. The number of H-pyrrole nitrogens is 1. The Kier molecular flexibility index (Phi) is 1.94. The Morgan fingerprint density at radius 1 is 1.56 bits per heavy atom. The minimum absolute atomic E-state index is 0.146. The zero-order valence-corrected chi connectivity index (χ0v) is 9.39. The molecule has 1 aliphatic rings. The first-order valence-corrected chi connectivity index (χ1v) is 5.39. The summed E-state index contributed by atoms with van der Waals surface area (Å²) in [6, 6.07) is 0. The van der Waals surface area contributed by atoms with E-state index >= 15 is 0 Å². The van der Waals surface area contributed by atoms with Gasteiger partial charge in [0.25, 0.3) is 5.56 Å². The number of nitrogens with one attached hydrogen (secondary N) is 1. The molecule has 0 aliphatic carbocycles. The molecule has 0 atom stereocenters. The predicted octanol–water partition coefficient (Wildman–Crippen LogP) is 1.82. The van der Waals surface area contributed by atoms with Crippen molar-refractivity contribution >= 4 is 22.4 Å². The highest BCUT2D eigenvalue weighted by molar-refractivity contribution is 6.32. The van der Waals surface area contributed by atoms with Gasteiger partial charge in [-0.15, -0.1) is 0 Å². The topological polar surface area (TPSA) is 55.0 Å². The minimum atomic E-state index is -0.146. The molecule has 0 unspecified atom stereocenters. The van der Waals surface area contributed by atoms with Crippen LogP contribution in [0.1, 0.15) is 11.3 Å². The zero-order chi connectivity index (χ0) is 11.3. The summed E-state index contributed by atoms with van der Waals surface area (Å²) < 4.78 is 5.49. The molecule has 0 saturated carbocycles. The highest BCUT2D eigenvalue weighted by atomic mass is 35.5. The summed E-state index contributed by atoms with van der Waals surface area (Å²) in [6.07, 6.45) is 2.28. The van der Waals surface area contributed by atoms with Gasteiger partial charge in [0.2, 0.25) is 0 Å². The molecule has 4 nitrogen and oxygen atoms in total. The third-order valence-corrected chi connectivity index (χ3v) is 3.16. The van der Waals surface area contributed by atoms with E-state index in [0.29, 0.717) is 22.9 Å². The van der Waals surface area contributed by atoms with Crippen LogP contribution in [0.5, 0.6) is 5.75 Å². The predicted molar refractivity (Wildman–Crippen MR) is 61.3 cm³/mol. The maximum atomic E-state index is 11.8. The largest absolute Gasteiger partial charge is 0.489 e. The number of rotatable bonds is 0. The smallest absolute Gasteiger partial charge is 0.257 e. The van der Waals surface area contributed by atoms with Crippen LogP contribution in [-0.4, -0.2) is 16.6 Å². The first-order valence-electron chi connectivity index (χ1n) is 5.01. The van der Waals surface area contributed by atoms with Crippen molar-refractivity contribution in [1.29, 1.82) is 0 Å². The number of ether oxygens (including phenoxy) is 1. The van der Waals surface area contributed by atoms with E-state index in [1.54, 1.807) is 0 Å². The van der Waals surface area contributed by atoms with Crippen LogP contribution in [0.15, 0.2) is 11.0 Å². The summed E-state index contributed by atoms with van der Waals surface area (Å²) in [7, 11) is 0. The second kappa shape index (κ2) is 3.22. The number of halogens is 1. The quantitative estimate of drug-likeness (QED) is 0.710. The van der Waals surface area contributed by atoms with Crippen molar-refractivity contribution in [1.82, 2.24) is 9.97 Å². The number of nitrogens with zero attached hydrogens (tertiary/aromatic N) is 1. The van der Waals surface area contributed by atoms with Gasteiger partial charge in [0.05, 0.1) is 12.0 Å². The zero-order valence-electron chi connectivity index (χ0n) is 8.63. The van der Waals surface area contributed by atoms with Gasteiger partial charge in [-0.05, 0) is 12.5 Å². The number of aryl methyl sites for hydroxylation is 1. The molecule has 1 N–H and O–H groups in total. The summed E-state index contributed by atoms with van der Waals surface area (Å²) in [5, 5.41) is 1.67. The summed E-state index contributed by atoms with van der Waals surface area (Å²) >= 11 is 5.97. The number of pyridine rings is 2. The second-order valence-corrected chi connectivity index (χ2v) is 4.18. The number of hydrogen-bond donors (Lipinski definition) is 1. The van der Waals surface area contributed by atoms with Crippen molar-refractivity contribution in [2.24, 2.45) is 0 Å². The van der Waals surface area contributed by atoms with Crippen LogP contribution in [0.2, 0.25) is 5.15 Å². The molecule has 0 bridgehead atoms. The van der Waals surface area contributed by atoms with Crippen molar-refractivity contribution < 1.29 is 4.74 Å². The number of aromatic amines is 1. The molecule has 82 valence electrons. The normalized spacial score (nSPS) is 13.9. The highest BCUT2D eigenvalue weighted by Crippen LogP contribution is 2.36. The third-order valence-electron chi connectivity index (χ3n) is 2.89. The fraction of sp³-hybridized carbons (Fsp3) is 0.273. The van der Waals surface area contributed by atoms with E-state index < -0.39 is 0 Å². The van der Waals surface area contributed by atoms with E-state index in [4.69, 9.17) is 16.3 Å². The second-order valence-electron chi connectivity index (χ2n) is 3.82. The number of hydrogen-bond acceptors (Lipinski definition) is 3. The molecule has 1 aliphatic heterocycles. The molecule has 0 spiro atoms. The molecular formula is C11H9ClN2O2. The van der Waals surface area contributed by atoms with Gasteiger partial charge < -0.3 is 9.72 Å². The van der Waals surface area contributed by atoms with Gasteiger partial charge in [0.15, 0.2) is 10.9 Å². The lowest BCUT2D eigenvalue weighted by molar-refractivity contribution is 0.316. The lowest BCUT2D eigenvalue weighted by Gasteiger charge is -2.19. The minimum Gasteiger partial charge on any atom is -0.489 e. The molecule has 2 aromatic heterocycles. The molecule has 3 rings (SSSR count). The van der Waals surface area contributed by atoms with Gasteiger partial charge in [-0.25, -0.2) is 4.98 Å². The van der Waals surface area contributed by atoms with Gasteiger partial charge in [-0.1, -0.05) is 11.6 Å². The van der Waals surface area contributed by atoms with E-state index in [1.807, 2.05) is 6.92 Å². The van der Waals surface area contributed by atoms with Crippen LogP contribution in [0.25, 0.3) is 10.8 Å². The lowest BCUT2D eigenvalue weighted by atomic mass is 10.0. The average Bonchev–Trinajstić information content (AvgIpc) is 2.27. The molecule has 3 heterocycles. The van der Waals surface area contributed by atoms with Crippen LogP contribution in [-0.2, 0) is 6.42 Å².